The van der Waals surface area contributed by atoms with E-state index in [9.17, 15) is 9.59 Å². The first kappa shape index (κ1) is 10.2. The Labute approximate surface area is 95.3 Å². The van der Waals surface area contributed by atoms with Crippen molar-refractivity contribution in [3.63, 3.8) is 0 Å². The van der Waals surface area contributed by atoms with E-state index in [0.717, 1.165) is 0 Å². The molecule has 0 radical (unpaired) electrons. The maximum atomic E-state index is 11.1. The van der Waals surface area contributed by atoms with Crippen molar-refractivity contribution in [1.29, 1.82) is 0 Å². The van der Waals surface area contributed by atoms with Gasteiger partial charge in [-0.1, -0.05) is 12.1 Å². The van der Waals surface area contributed by atoms with E-state index in [2.05, 4.69) is 10.2 Å². The third-order valence-electron chi connectivity index (χ3n) is 1.71. The first-order valence-electron chi connectivity index (χ1n) is 3.49. The summed E-state index contributed by atoms with van der Waals surface area (Å²) in [4.78, 5) is 22.2. The van der Waals surface area contributed by atoms with Gasteiger partial charge in [0, 0.05) is 0 Å². The van der Waals surface area contributed by atoms with Crippen LogP contribution < -0.4 is 11.1 Å². The van der Waals surface area contributed by atoms with E-state index in [1.165, 1.54) is 0 Å². The molecule has 62 valence electrons. The number of nitrogens with one attached hydrogen (secondary N) is 2. The Balaban J connectivity index is 0.000000845. The first-order valence-corrected chi connectivity index (χ1v) is 3.49. The molecule has 0 bridgehead atoms. The van der Waals surface area contributed by atoms with Gasteiger partial charge in [-0.2, -0.15) is 0 Å². The molecule has 0 amide bonds. The van der Waals surface area contributed by atoms with Gasteiger partial charge in [-0.3, -0.25) is 19.8 Å². The molecule has 1 aromatic carbocycles. The van der Waals surface area contributed by atoms with Crippen molar-refractivity contribution >= 4 is 40.3 Å². The van der Waals surface area contributed by atoms with Crippen LogP contribution in [-0.2, 0) is 0 Å². The van der Waals surface area contributed by atoms with Gasteiger partial charge in [0.25, 0.3) is 11.1 Å². The minimum atomic E-state index is -0.273. The van der Waals surface area contributed by atoms with Crippen LogP contribution in [0.2, 0.25) is 0 Å². The fraction of sp³-hybridized carbons (Fsp3) is 0. The van der Waals surface area contributed by atoms with Gasteiger partial charge in [-0.15, -0.1) is 0 Å². The first-order chi connectivity index (χ1) is 5.79. The topological polar surface area (TPSA) is 65.7 Å². The molecule has 0 fully saturated rings. The van der Waals surface area contributed by atoms with Gasteiger partial charge in [0.1, 0.15) is 0 Å². The van der Waals surface area contributed by atoms with Crippen LogP contribution in [0.25, 0.3) is 10.8 Å². The molecule has 4 nitrogen and oxygen atoms in total. The molecule has 0 saturated heterocycles. The van der Waals surface area contributed by atoms with E-state index in [1.807, 2.05) is 0 Å². The van der Waals surface area contributed by atoms with Crippen molar-refractivity contribution < 1.29 is 0 Å². The molecule has 0 aliphatic heterocycles. The molecular formula is C8H7N2NaO2. The summed E-state index contributed by atoms with van der Waals surface area (Å²) in [6, 6.07) is 6.67. The van der Waals surface area contributed by atoms with Crippen molar-refractivity contribution in [1.82, 2.24) is 10.2 Å². The summed E-state index contributed by atoms with van der Waals surface area (Å²) in [6.45, 7) is 0. The van der Waals surface area contributed by atoms with Crippen LogP contribution in [0, 0.1) is 0 Å². The Kier molecular flexibility index (Phi) is 3.08. The summed E-state index contributed by atoms with van der Waals surface area (Å²) in [5.74, 6) is 0. The van der Waals surface area contributed by atoms with E-state index in [1.54, 1.807) is 24.3 Å². The molecule has 0 aliphatic carbocycles. The molecule has 0 unspecified atom stereocenters. The quantitative estimate of drug-likeness (QED) is 0.548. The summed E-state index contributed by atoms with van der Waals surface area (Å²) in [5.41, 5.74) is -0.546. The van der Waals surface area contributed by atoms with E-state index in [4.69, 9.17) is 0 Å². The number of benzene rings is 1. The van der Waals surface area contributed by atoms with Gasteiger partial charge in [-0.05, 0) is 12.1 Å². The maximum absolute atomic E-state index is 11.1. The Morgan fingerprint density at radius 1 is 0.846 bits per heavy atom. The van der Waals surface area contributed by atoms with Crippen LogP contribution in [0.1, 0.15) is 0 Å². The molecule has 2 N–H and O–H groups in total. The monoisotopic (exact) mass is 186 g/mol. The third kappa shape index (κ3) is 1.75. The van der Waals surface area contributed by atoms with Crippen molar-refractivity contribution in [2.24, 2.45) is 0 Å². The predicted molar refractivity (Wildman–Crippen MR) is 52.3 cm³/mol. The molecule has 2 rings (SSSR count). The molecule has 1 aromatic heterocycles. The van der Waals surface area contributed by atoms with Crippen LogP contribution in [0.5, 0.6) is 0 Å². The van der Waals surface area contributed by atoms with Gasteiger partial charge in [0.15, 0.2) is 0 Å². The Bertz CT molecular complexity index is 481. The van der Waals surface area contributed by atoms with Gasteiger partial charge in [0.05, 0.1) is 10.8 Å². The van der Waals surface area contributed by atoms with Crippen LogP contribution >= 0.6 is 0 Å². The van der Waals surface area contributed by atoms with Crippen molar-refractivity contribution in [3.05, 3.63) is 45.0 Å². The van der Waals surface area contributed by atoms with E-state index in [0.29, 0.717) is 10.8 Å². The molecule has 2 aromatic rings. The Morgan fingerprint density at radius 2 is 1.23 bits per heavy atom. The third-order valence-corrected chi connectivity index (χ3v) is 1.71. The number of hydrogen-bond acceptors (Lipinski definition) is 2. The number of fused-ring (bicyclic) bond motifs is 1. The molecule has 13 heavy (non-hydrogen) atoms. The summed E-state index contributed by atoms with van der Waals surface area (Å²) >= 11 is 0. The average molecular weight is 186 g/mol. The van der Waals surface area contributed by atoms with Crippen LogP contribution in [0.3, 0.4) is 0 Å². The molecule has 0 saturated carbocycles. The number of aromatic amines is 2. The fourth-order valence-electron chi connectivity index (χ4n) is 1.13. The van der Waals surface area contributed by atoms with Gasteiger partial charge in [-0.25, -0.2) is 0 Å². The molecule has 1 heterocycles. The van der Waals surface area contributed by atoms with E-state index < -0.39 is 0 Å². The molecule has 0 spiro atoms. The second-order valence-corrected chi connectivity index (χ2v) is 2.45. The van der Waals surface area contributed by atoms with Crippen molar-refractivity contribution in [2.75, 3.05) is 0 Å². The second kappa shape index (κ2) is 3.91. The van der Waals surface area contributed by atoms with E-state index in [-0.39, 0.29) is 40.7 Å². The molecular weight excluding hydrogens is 179 g/mol. The molecule has 0 atom stereocenters. The molecule has 5 heteroatoms. The zero-order chi connectivity index (χ0) is 8.55. The van der Waals surface area contributed by atoms with Crippen LogP contribution in [-0.4, -0.2) is 39.8 Å². The molecule has 0 aliphatic rings. The second-order valence-electron chi connectivity index (χ2n) is 2.45. The SMILES string of the molecule is O=c1[nH][nH]c(=O)c2ccccc12.[NaH]. The zero-order valence-corrected chi connectivity index (χ0v) is 6.13. The van der Waals surface area contributed by atoms with Crippen molar-refractivity contribution in [3.8, 4) is 0 Å². The van der Waals surface area contributed by atoms with Gasteiger partial charge < -0.3 is 0 Å². The van der Waals surface area contributed by atoms with Crippen LogP contribution in [0.15, 0.2) is 33.9 Å². The summed E-state index contributed by atoms with van der Waals surface area (Å²) in [6.07, 6.45) is 0. The number of hydrogen-bond donors (Lipinski definition) is 2. The minimum absolute atomic E-state index is 0. The zero-order valence-electron chi connectivity index (χ0n) is 6.13. The fourth-order valence-corrected chi connectivity index (χ4v) is 1.13. The Hall–Kier alpha value is -0.840. The van der Waals surface area contributed by atoms with Crippen molar-refractivity contribution in [2.45, 2.75) is 0 Å². The van der Waals surface area contributed by atoms with E-state index >= 15 is 0 Å². The van der Waals surface area contributed by atoms with Crippen LogP contribution in [0.4, 0.5) is 0 Å². The summed E-state index contributed by atoms with van der Waals surface area (Å²) in [7, 11) is 0. The Morgan fingerprint density at radius 3 is 1.62 bits per heavy atom. The van der Waals surface area contributed by atoms with Gasteiger partial charge in [0.2, 0.25) is 0 Å². The number of aromatic nitrogens is 2. The number of rotatable bonds is 0. The number of H-pyrrole nitrogens is 2. The summed E-state index contributed by atoms with van der Waals surface area (Å²) < 4.78 is 0. The normalized spacial score (nSPS) is 9.54. The summed E-state index contributed by atoms with van der Waals surface area (Å²) in [5, 5.41) is 5.33. The predicted octanol–water partition coefficient (Wildman–Crippen LogP) is -0.432. The average Bonchev–Trinajstić information content (AvgIpc) is 2.12. The standard InChI is InChI=1S/C8H6N2O2.Na.H/c11-7-5-3-1-2-4-6(5)8(12)10-9-7;;/h1-4H,(H,9,11)(H,10,12);;. The van der Waals surface area contributed by atoms with Gasteiger partial charge >= 0.3 is 29.6 Å².